The monoisotopic (exact) mass is 345 g/mol. The Kier molecular flexibility index (Phi) is 4.47. The van der Waals surface area contributed by atoms with E-state index in [1.54, 1.807) is 6.20 Å². The van der Waals surface area contributed by atoms with Gasteiger partial charge in [0, 0.05) is 17.1 Å². The minimum Gasteiger partial charge on any atom is -0.400 e. The molecule has 1 N–H and O–H groups in total. The van der Waals surface area contributed by atoms with Crippen LogP contribution in [0.15, 0.2) is 35.9 Å². The average Bonchev–Trinajstić information content (AvgIpc) is 2.75. The maximum absolute atomic E-state index is 9.84. The van der Waals surface area contributed by atoms with E-state index in [0.29, 0.717) is 10.6 Å². The van der Waals surface area contributed by atoms with E-state index >= 15 is 0 Å². The number of pyridine rings is 1. The molecule has 4 nitrogen and oxygen atoms in total. The summed E-state index contributed by atoms with van der Waals surface area (Å²) in [6.45, 7) is 7.79. The molecule has 0 spiro atoms. The van der Waals surface area contributed by atoms with E-state index < -0.39 is 18.3 Å². The zero-order chi connectivity index (χ0) is 17.5. The molecular formula is C18H21BClNO3. The summed E-state index contributed by atoms with van der Waals surface area (Å²) in [6.07, 6.45) is 3.57. The summed E-state index contributed by atoms with van der Waals surface area (Å²) in [5.74, 6) is 0. The van der Waals surface area contributed by atoms with Crippen LogP contribution in [0.25, 0.3) is 16.8 Å². The number of rotatable bonds is 3. The zero-order valence-electron chi connectivity index (χ0n) is 14.3. The fourth-order valence-corrected chi connectivity index (χ4v) is 2.89. The van der Waals surface area contributed by atoms with Crippen molar-refractivity contribution < 1.29 is 14.4 Å². The van der Waals surface area contributed by atoms with Crippen molar-refractivity contribution in [1.29, 1.82) is 0 Å². The van der Waals surface area contributed by atoms with Crippen LogP contribution in [0.5, 0.6) is 0 Å². The molecule has 0 radical (unpaired) electrons. The lowest BCUT2D eigenvalue weighted by Crippen LogP contribution is -2.41. The van der Waals surface area contributed by atoms with Crippen LogP contribution in [-0.2, 0) is 9.31 Å². The largest absolute Gasteiger partial charge is 0.492 e. The normalized spacial score (nSPS) is 19.9. The van der Waals surface area contributed by atoms with Gasteiger partial charge in [-0.3, -0.25) is 0 Å². The van der Waals surface area contributed by atoms with Gasteiger partial charge in [-0.05, 0) is 38.6 Å². The van der Waals surface area contributed by atoms with Gasteiger partial charge in [-0.1, -0.05) is 41.9 Å². The van der Waals surface area contributed by atoms with Gasteiger partial charge in [-0.15, -0.1) is 0 Å². The number of fused-ring (bicyclic) bond motifs is 1. The van der Waals surface area contributed by atoms with Crippen LogP contribution in [0.1, 0.15) is 33.3 Å². The summed E-state index contributed by atoms with van der Waals surface area (Å²) in [4.78, 5) is 4.24. The van der Waals surface area contributed by atoms with E-state index in [4.69, 9.17) is 20.9 Å². The first kappa shape index (κ1) is 17.4. The van der Waals surface area contributed by atoms with Crippen molar-refractivity contribution in [3.8, 4) is 0 Å². The number of benzene rings is 1. The summed E-state index contributed by atoms with van der Waals surface area (Å²) in [6, 6.07) is 7.78. The highest BCUT2D eigenvalue weighted by atomic mass is 35.5. The van der Waals surface area contributed by atoms with Gasteiger partial charge in [-0.2, -0.15) is 0 Å². The summed E-state index contributed by atoms with van der Waals surface area (Å²) in [7, 11) is -0.588. The molecule has 1 fully saturated rings. The number of aliphatic hydroxyl groups is 1. The van der Waals surface area contributed by atoms with Crippen molar-refractivity contribution in [2.75, 3.05) is 6.61 Å². The van der Waals surface area contributed by atoms with Crippen molar-refractivity contribution in [2.45, 2.75) is 38.9 Å². The Morgan fingerprint density at radius 1 is 1.17 bits per heavy atom. The fourth-order valence-electron chi connectivity index (χ4n) is 2.68. The van der Waals surface area contributed by atoms with E-state index in [0.717, 1.165) is 16.3 Å². The molecule has 126 valence electrons. The number of nitrogens with zero attached hydrogens (tertiary/aromatic N) is 1. The molecule has 1 saturated heterocycles. The second-order valence-electron chi connectivity index (χ2n) is 7.02. The van der Waals surface area contributed by atoms with Gasteiger partial charge < -0.3 is 14.4 Å². The van der Waals surface area contributed by atoms with Gasteiger partial charge in [0.05, 0.1) is 17.8 Å². The van der Waals surface area contributed by atoms with Crippen LogP contribution >= 0.6 is 11.6 Å². The van der Waals surface area contributed by atoms with Crippen LogP contribution in [0, 0.1) is 0 Å². The van der Waals surface area contributed by atoms with Crippen LogP contribution in [0.2, 0.25) is 5.15 Å². The highest BCUT2D eigenvalue weighted by Crippen LogP contribution is 2.39. The first-order chi connectivity index (χ1) is 11.2. The molecule has 1 aliphatic heterocycles. The molecule has 0 bridgehead atoms. The number of hydrogen-bond donors (Lipinski definition) is 1. The standard InChI is InChI=1S/C18H21BClNO3/c1-17(2)18(3,4)24-19(23-17)13(11-22)9-12-10-21-16(20)15-8-6-5-7-14(12)15/h5-10,22H,11H2,1-4H3. The zero-order valence-corrected chi connectivity index (χ0v) is 15.1. The van der Waals surface area contributed by atoms with E-state index in [1.807, 2.05) is 58.0 Å². The highest BCUT2D eigenvalue weighted by molar-refractivity contribution is 6.56. The third kappa shape index (κ3) is 2.97. The number of hydrogen-bond acceptors (Lipinski definition) is 4. The molecule has 1 aromatic heterocycles. The third-order valence-corrected chi connectivity index (χ3v) is 5.16. The smallest absolute Gasteiger partial charge is 0.400 e. The molecule has 0 saturated carbocycles. The Morgan fingerprint density at radius 2 is 1.75 bits per heavy atom. The average molecular weight is 346 g/mol. The van der Waals surface area contributed by atoms with Crippen molar-refractivity contribution >= 4 is 35.6 Å². The second kappa shape index (κ2) is 6.15. The van der Waals surface area contributed by atoms with Crippen LogP contribution in [0.3, 0.4) is 0 Å². The molecule has 0 amide bonds. The van der Waals surface area contributed by atoms with Crippen molar-refractivity contribution in [3.05, 3.63) is 46.7 Å². The van der Waals surface area contributed by atoms with E-state index in [9.17, 15) is 5.11 Å². The highest BCUT2D eigenvalue weighted by Gasteiger charge is 2.52. The van der Waals surface area contributed by atoms with Crippen molar-refractivity contribution in [1.82, 2.24) is 4.98 Å². The Bertz CT molecular complexity index is 788. The molecule has 0 atom stereocenters. The maximum atomic E-state index is 9.84. The van der Waals surface area contributed by atoms with Crippen molar-refractivity contribution in [3.63, 3.8) is 0 Å². The molecule has 2 heterocycles. The van der Waals surface area contributed by atoms with E-state index in [2.05, 4.69) is 4.98 Å². The van der Waals surface area contributed by atoms with E-state index in [1.165, 1.54) is 0 Å². The van der Waals surface area contributed by atoms with Crippen LogP contribution < -0.4 is 0 Å². The van der Waals surface area contributed by atoms with Crippen LogP contribution in [0.4, 0.5) is 0 Å². The lowest BCUT2D eigenvalue weighted by molar-refractivity contribution is 0.00578. The SMILES string of the molecule is CC1(C)OB(C(=Cc2cnc(Cl)c3ccccc23)CO)OC1(C)C. The third-order valence-electron chi connectivity index (χ3n) is 4.86. The van der Waals surface area contributed by atoms with E-state index in [-0.39, 0.29) is 6.61 Å². The van der Waals surface area contributed by atoms with Gasteiger partial charge in [-0.25, -0.2) is 4.98 Å². The second-order valence-corrected chi connectivity index (χ2v) is 7.37. The Balaban J connectivity index is 2.03. The Labute approximate surface area is 147 Å². The first-order valence-electron chi connectivity index (χ1n) is 7.95. The first-order valence-corrected chi connectivity index (χ1v) is 8.33. The molecule has 3 rings (SSSR count). The number of aromatic nitrogens is 1. The van der Waals surface area contributed by atoms with Crippen LogP contribution in [-0.4, -0.2) is 35.0 Å². The quantitative estimate of drug-likeness (QED) is 0.677. The maximum Gasteiger partial charge on any atom is 0.492 e. The number of halogens is 1. The molecule has 0 unspecified atom stereocenters. The lowest BCUT2D eigenvalue weighted by Gasteiger charge is -2.32. The van der Waals surface area contributed by atoms with Gasteiger partial charge in [0.2, 0.25) is 0 Å². The minimum atomic E-state index is -0.588. The minimum absolute atomic E-state index is 0.159. The Hall–Kier alpha value is -1.40. The lowest BCUT2D eigenvalue weighted by atomic mass is 9.77. The van der Waals surface area contributed by atoms with Gasteiger partial charge in [0.1, 0.15) is 5.15 Å². The predicted octanol–water partition coefficient (Wildman–Crippen LogP) is 3.90. The fraction of sp³-hybridized carbons (Fsp3) is 0.389. The Morgan fingerprint density at radius 3 is 2.33 bits per heavy atom. The summed E-state index contributed by atoms with van der Waals surface area (Å²) >= 11 is 6.17. The van der Waals surface area contributed by atoms with Gasteiger partial charge in [0.25, 0.3) is 0 Å². The molecule has 1 aliphatic rings. The molecule has 6 heteroatoms. The number of aliphatic hydroxyl groups excluding tert-OH is 1. The van der Waals surface area contributed by atoms with Crippen molar-refractivity contribution in [2.24, 2.45) is 0 Å². The topological polar surface area (TPSA) is 51.6 Å². The molecule has 0 aliphatic carbocycles. The molecule has 24 heavy (non-hydrogen) atoms. The molecule has 1 aromatic carbocycles. The molecular weight excluding hydrogens is 324 g/mol. The predicted molar refractivity (Wildman–Crippen MR) is 97.9 cm³/mol. The summed E-state index contributed by atoms with van der Waals surface area (Å²) < 4.78 is 12.1. The molecule has 2 aromatic rings. The van der Waals surface area contributed by atoms with Gasteiger partial charge in [0.15, 0.2) is 0 Å². The summed E-state index contributed by atoms with van der Waals surface area (Å²) in [5.41, 5.74) is 0.620. The summed E-state index contributed by atoms with van der Waals surface area (Å²) in [5, 5.41) is 12.1. The van der Waals surface area contributed by atoms with Gasteiger partial charge >= 0.3 is 7.12 Å².